The SMILES string of the molecule is C[C@@H]1CC[C@@]2(OC1)OC1CC3C4CC=C5C[C@@H](O[C@@H]6O[C@H](CO)[C@H](O[C@@H]7O[C@H](CO)[C@H](O[C@@H]8OC[C@@H](O)[C@H](O)[C@H]8O)[C@H](O)[C@H]7O[C@@H]7O[C@H](CO)[C@@H](O)[C@H](O)[C@H]7O)[C@H](O)[C@H]6O)[C@H](O)C[C@]5(C)C4CC[C@]3(C)C1[C@@H]2C. The molecule has 3 saturated carbocycles. The maximum absolute atomic E-state index is 11.9. The maximum Gasteiger partial charge on any atom is 0.187 e. The lowest BCUT2D eigenvalue weighted by molar-refractivity contribution is -0.401. The number of fused-ring (bicyclic) bond motifs is 7. The molecule has 13 N–H and O–H groups in total. The van der Waals surface area contributed by atoms with Gasteiger partial charge < -0.3 is 114 Å². The van der Waals surface area contributed by atoms with Gasteiger partial charge in [0.1, 0.15) is 91.6 Å². The average molecular weight is 1050 g/mol. The summed E-state index contributed by atoms with van der Waals surface area (Å²) < 4.78 is 60.6. The molecule has 31 atom stereocenters. The molecule has 0 bridgehead atoms. The Labute approximate surface area is 423 Å². The standard InChI is InChI=1S/C50H80O23/c1-19-7-10-50(65-17-19)20(2)32-28(73-50)12-24-22-6-5-21-11-27(25(54)13-49(21,4)23(22)8-9-48(24,32)3)66-45-39(62)36(59)41(30(15-52)68-45)71-47-43(72-46-38(61)35(58)34(57)29(14-51)67-46)40(63)42(31(16-53)69-47)70-44-37(60)33(56)26(55)18-64-44/h5,19-20,22-47,51-63H,6-18H2,1-4H3/t19-,20+,22?,23?,24?,25-,26-,27-,28?,29-,30-,31-,32?,33+,34-,35+,36-,37-,38-,39-,40+,41+,42+,43-,44+,45-,46+,47+,48+,49+,50-/m1/s1. The molecular weight excluding hydrogens is 969 g/mol. The van der Waals surface area contributed by atoms with Gasteiger partial charge in [0.25, 0.3) is 0 Å². The van der Waals surface area contributed by atoms with Gasteiger partial charge in [-0.25, -0.2) is 0 Å². The van der Waals surface area contributed by atoms with Crippen LogP contribution in [-0.2, 0) is 47.4 Å². The number of allylic oxidation sites excluding steroid dienone is 1. The fraction of sp³-hybridized carbons (Fsp3) is 0.960. The van der Waals surface area contributed by atoms with Gasteiger partial charge in [0.05, 0.1) is 51.3 Å². The van der Waals surface area contributed by atoms with Crippen LogP contribution in [0.4, 0.5) is 0 Å². The Bertz CT molecular complexity index is 1920. The third kappa shape index (κ3) is 9.41. The topological polar surface area (TPSA) is 355 Å². The van der Waals surface area contributed by atoms with E-state index < -0.39 is 161 Å². The van der Waals surface area contributed by atoms with Gasteiger partial charge in [-0.05, 0) is 85.4 Å². The third-order valence-electron chi connectivity index (χ3n) is 19.5. The molecule has 418 valence electrons. The summed E-state index contributed by atoms with van der Waals surface area (Å²) in [6, 6.07) is 0. The van der Waals surface area contributed by atoms with Gasteiger partial charge in [-0.1, -0.05) is 39.3 Å². The average Bonchev–Trinajstić information content (AvgIpc) is 3.82. The second-order valence-corrected chi connectivity index (χ2v) is 23.6. The zero-order chi connectivity index (χ0) is 52.2. The summed E-state index contributed by atoms with van der Waals surface area (Å²) in [5.41, 5.74) is 0.937. The highest BCUT2D eigenvalue weighted by Crippen LogP contribution is 2.71. The largest absolute Gasteiger partial charge is 0.394 e. The summed E-state index contributed by atoms with van der Waals surface area (Å²) in [6.45, 7) is 6.95. The van der Waals surface area contributed by atoms with E-state index in [9.17, 15) is 66.4 Å². The third-order valence-corrected chi connectivity index (χ3v) is 19.5. The monoisotopic (exact) mass is 1050 g/mol. The first-order valence-electron chi connectivity index (χ1n) is 26.5. The number of hydrogen-bond donors (Lipinski definition) is 13. The molecule has 6 aliphatic heterocycles. The molecular formula is C50H80O23. The Balaban J connectivity index is 0.824. The van der Waals surface area contributed by atoms with E-state index in [2.05, 4.69) is 33.8 Å². The first-order chi connectivity index (χ1) is 34.7. The molecule has 0 radical (unpaired) electrons. The van der Waals surface area contributed by atoms with E-state index in [1.54, 1.807) is 0 Å². The number of hydrogen-bond acceptors (Lipinski definition) is 23. The number of rotatable bonds is 11. The summed E-state index contributed by atoms with van der Waals surface area (Å²) in [4.78, 5) is 0. The predicted octanol–water partition coefficient (Wildman–Crippen LogP) is -3.38. The van der Waals surface area contributed by atoms with E-state index in [0.717, 1.165) is 50.7 Å². The van der Waals surface area contributed by atoms with Crippen LogP contribution in [0.1, 0.15) is 79.1 Å². The summed E-state index contributed by atoms with van der Waals surface area (Å²) in [5, 5.41) is 141. The van der Waals surface area contributed by atoms with Gasteiger partial charge in [0.2, 0.25) is 0 Å². The minimum Gasteiger partial charge on any atom is -0.394 e. The highest BCUT2D eigenvalue weighted by atomic mass is 16.8. The Morgan fingerprint density at radius 1 is 0.603 bits per heavy atom. The predicted molar refractivity (Wildman–Crippen MR) is 244 cm³/mol. The van der Waals surface area contributed by atoms with Crippen LogP contribution >= 0.6 is 0 Å². The van der Waals surface area contributed by atoms with Crippen LogP contribution in [0.3, 0.4) is 0 Å². The van der Waals surface area contributed by atoms with Crippen molar-refractivity contribution < 1.29 is 114 Å². The first-order valence-corrected chi connectivity index (χ1v) is 26.5. The molecule has 0 aromatic heterocycles. The molecule has 6 saturated heterocycles. The molecule has 5 unspecified atom stereocenters. The fourth-order valence-electron chi connectivity index (χ4n) is 15.3. The fourth-order valence-corrected chi connectivity index (χ4v) is 15.3. The zero-order valence-corrected chi connectivity index (χ0v) is 41.8. The van der Waals surface area contributed by atoms with Crippen molar-refractivity contribution in [1.82, 2.24) is 0 Å². The molecule has 23 nitrogen and oxygen atoms in total. The number of aliphatic hydroxyl groups is 13. The van der Waals surface area contributed by atoms with Crippen molar-refractivity contribution in [3.63, 3.8) is 0 Å². The molecule has 6 heterocycles. The second kappa shape index (κ2) is 21.1. The van der Waals surface area contributed by atoms with Gasteiger partial charge in [-0.15, -0.1) is 0 Å². The zero-order valence-electron chi connectivity index (χ0n) is 41.8. The lowest BCUT2D eigenvalue weighted by atomic mass is 9.46. The summed E-state index contributed by atoms with van der Waals surface area (Å²) >= 11 is 0. The van der Waals surface area contributed by atoms with E-state index in [4.69, 9.17) is 47.4 Å². The lowest BCUT2D eigenvalue weighted by Crippen LogP contribution is -2.68. The van der Waals surface area contributed by atoms with Gasteiger partial charge in [-0.3, -0.25) is 0 Å². The Kier molecular flexibility index (Phi) is 16.0. The van der Waals surface area contributed by atoms with Crippen LogP contribution in [0.5, 0.6) is 0 Å². The highest BCUT2D eigenvalue weighted by molar-refractivity contribution is 5.27. The molecule has 9 fully saturated rings. The van der Waals surface area contributed by atoms with Crippen molar-refractivity contribution in [2.24, 2.45) is 46.3 Å². The molecule has 0 aromatic rings. The Hall–Kier alpha value is -1.18. The van der Waals surface area contributed by atoms with E-state index in [1.807, 2.05) is 0 Å². The molecule has 0 amide bonds. The van der Waals surface area contributed by atoms with Crippen molar-refractivity contribution in [3.8, 4) is 0 Å². The van der Waals surface area contributed by atoms with Crippen LogP contribution in [0, 0.1) is 46.3 Å². The highest BCUT2D eigenvalue weighted by Gasteiger charge is 2.69. The normalized spacial score (nSPS) is 57.1. The quantitative estimate of drug-likeness (QED) is 0.0898. The van der Waals surface area contributed by atoms with Crippen LogP contribution in [0.2, 0.25) is 0 Å². The molecule has 10 rings (SSSR count). The van der Waals surface area contributed by atoms with E-state index >= 15 is 0 Å². The van der Waals surface area contributed by atoms with Crippen molar-refractivity contribution in [1.29, 1.82) is 0 Å². The number of aliphatic hydroxyl groups excluding tert-OH is 13. The molecule has 10 aliphatic rings. The van der Waals surface area contributed by atoms with Gasteiger partial charge in [-0.2, -0.15) is 0 Å². The van der Waals surface area contributed by atoms with Crippen molar-refractivity contribution in [2.75, 3.05) is 33.0 Å². The van der Waals surface area contributed by atoms with E-state index in [-0.39, 0.29) is 16.9 Å². The van der Waals surface area contributed by atoms with Crippen LogP contribution in [0.15, 0.2) is 11.6 Å². The van der Waals surface area contributed by atoms with Crippen LogP contribution in [0.25, 0.3) is 0 Å². The van der Waals surface area contributed by atoms with E-state index in [1.165, 1.54) is 0 Å². The first kappa shape index (κ1) is 55.1. The maximum atomic E-state index is 11.9. The molecule has 23 heteroatoms. The summed E-state index contributed by atoms with van der Waals surface area (Å²) in [6.07, 6.45) is -26.2. The Morgan fingerprint density at radius 2 is 1.22 bits per heavy atom. The van der Waals surface area contributed by atoms with Crippen LogP contribution in [-0.4, -0.2) is 240 Å². The van der Waals surface area contributed by atoms with Gasteiger partial charge in [0, 0.05) is 12.3 Å². The minimum absolute atomic E-state index is 0.103. The lowest BCUT2D eigenvalue weighted by Gasteiger charge is -2.59. The smallest absolute Gasteiger partial charge is 0.187 e. The Morgan fingerprint density at radius 3 is 1.90 bits per heavy atom. The minimum atomic E-state index is -2.01. The van der Waals surface area contributed by atoms with Crippen molar-refractivity contribution in [2.45, 2.75) is 220 Å². The molecule has 73 heavy (non-hydrogen) atoms. The molecule has 1 spiro atoms. The van der Waals surface area contributed by atoms with Crippen molar-refractivity contribution >= 4 is 0 Å². The van der Waals surface area contributed by atoms with E-state index in [0.29, 0.717) is 48.3 Å². The van der Waals surface area contributed by atoms with Crippen LogP contribution < -0.4 is 0 Å². The summed E-state index contributed by atoms with van der Waals surface area (Å²) in [5.74, 6) is 1.93. The molecule has 0 aromatic carbocycles. The van der Waals surface area contributed by atoms with Gasteiger partial charge in [0.15, 0.2) is 30.9 Å². The summed E-state index contributed by atoms with van der Waals surface area (Å²) in [7, 11) is 0. The second-order valence-electron chi connectivity index (χ2n) is 23.6. The number of ether oxygens (including phenoxy) is 10. The molecule has 4 aliphatic carbocycles. The van der Waals surface area contributed by atoms with Crippen molar-refractivity contribution in [3.05, 3.63) is 11.6 Å². The van der Waals surface area contributed by atoms with Gasteiger partial charge >= 0.3 is 0 Å².